The topological polar surface area (TPSA) is 58.6 Å². The number of amides is 1. The number of unbranched alkanes of at least 4 members (excludes halogenated alkanes) is 1. The van der Waals surface area contributed by atoms with Crippen molar-refractivity contribution >= 4 is 5.91 Å². The normalized spacial score (nSPS) is 14.9. The Kier molecular flexibility index (Phi) is 6.49. The van der Waals surface area contributed by atoms with Gasteiger partial charge in [0.1, 0.15) is 5.60 Å². The smallest absolute Gasteiger partial charge is 0.220 e. The van der Waals surface area contributed by atoms with Crippen molar-refractivity contribution in [2.45, 2.75) is 38.7 Å². The van der Waals surface area contributed by atoms with Crippen LogP contribution >= 0.6 is 0 Å². The van der Waals surface area contributed by atoms with E-state index in [1.165, 1.54) is 7.11 Å². The summed E-state index contributed by atoms with van der Waals surface area (Å²) in [6.45, 7) is 4.13. The van der Waals surface area contributed by atoms with Gasteiger partial charge in [0.15, 0.2) is 0 Å². The van der Waals surface area contributed by atoms with E-state index in [9.17, 15) is 9.90 Å². The van der Waals surface area contributed by atoms with E-state index in [4.69, 9.17) is 4.74 Å². The van der Waals surface area contributed by atoms with Crippen molar-refractivity contribution in [1.82, 2.24) is 5.32 Å². The third-order valence-corrected chi connectivity index (χ3v) is 1.88. The highest BCUT2D eigenvalue weighted by atomic mass is 16.5. The molecule has 84 valence electrons. The number of aliphatic hydroxyl groups is 1. The molecule has 0 fully saturated rings. The Hall–Kier alpha value is -0.610. The molecular formula is C10H21NO3. The van der Waals surface area contributed by atoms with E-state index in [-0.39, 0.29) is 19.1 Å². The Morgan fingerprint density at radius 2 is 2.21 bits per heavy atom. The van der Waals surface area contributed by atoms with E-state index >= 15 is 0 Å². The summed E-state index contributed by atoms with van der Waals surface area (Å²) >= 11 is 0. The maximum absolute atomic E-state index is 11.2. The van der Waals surface area contributed by atoms with Gasteiger partial charge >= 0.3 is 0 Å². The van der Waals surface area contributed by atoms with Crippen LogP contribution in [0.2, 0.25) is 0 Å². The Morgan fingerprint density at radius 1 is 1.57 bits per heavy atom. The minimum Gasteiger partial charge on any atom is -0.386 e. The van der Waals surface area contributed by atoms with Crippen molar-refractivity contribution in [3.05, 3.63) is 0 Å². The van der Waals surface area contributed by atoms with Crippen molar-refractivity contribution in [1.29, 1.82) is 0 Å². The van der Waals surface area contributed by atoms with Crippen LogP contribution in [0.4, 0.5) is 0 Å². The molecule has 1 atom stereocenters. The fourth-order valence-electron chi connectivity index (χ4n) is 1.08. The van der Waals surface area contributed by atoms with Crippen LogP contribution in [0.5, 0.6) is 0 Å². The van der Waals surface area contributed by atoms with Gasteiger partial charge < -0.3 is 15.2 Å². The summed E-state index contributed by atoms with van der Waals surface area (Å²) < 4.78 is 4.82. The molecule has 0 saturated carbocycles. The predicted octanol–water partition coefficient (Wildman–Crippen LogP) is 0.690. The molecule has 2 N–H and O–H groups in total. The van der Waals surface area contributed by atoms with Crippen molar-refractivity contribution in [3.63, 3.8) is 0 Å². The summed E-state index contributed by atoms with van der Waals surface area (Å²) in [5.41, 5.74) is -0.976. The molecule has 0 aliphatic rings. The molecule has 0 heterocycles. The Balaban J connectivity index is 3.64. The zero-order chi connectivity index (χ0) is 11.0. The second kappa shape index (κ2) is 6.79. The number of rotatable bonds is 7. The second-order valence-corrected chi connectivity index (χ2v) is 3.81. The zero-order valence-electron chi connectivity index (χ0n) is 9.30. The third kappa shape index (κ3) is 6.86. The van der Waals surface area contributed by atoms with Gasteiger partial charge in [-0.15, -0.1) is 0 Å². The number of carbonyl (C=O) groups is 1. The van der Waals surface area contributed by atoms with Crippen LogP contribution in [0.3, 0.4) is 0 Å². The molecule has 0 rings (SSSR count). The van der Waals surface area contributed by atoms with Crippen LogP contribution in [0.25, 0.3) is 0 Å². The number of carbonyl (C=O) groups excluding carboxylic acids is 1. The van der Waals surface area contributed by atoms with Crippen LogP contribution < -0.4 is 5.32 Å². The van der Waals surface area contributed by atoms with E-state index < -0.39 is 5.60 Å². The van der Waals surface area contributed by atoms with Crippen molar-refractivity contribution in [3.8, 4) is 0 Å². The zero-order valence-corrected chi connectivity index (χ0v) is 9.30. The summed E-state index contributed by atoms with van der Waals surface area (Å²) in [6, 6.07) is 0. The van der Waals surface area contributed by atoms with Gasteiger partial charge in [0.05, 0.1) is 6.61 Å². The summed E-state index contributed by atoms with van der Waals surface area (Å²) in [4.78, 5) is 11.2. The summed E-state index contributed by atoms with van der Waals surface area (Å²) in [6.07, 6.45) is 2.42. The number of ether oxygens (including phenoxy) is 1. The lowest BCUT2D eigenvalue weighted by atomic mass is 10.1. The standard InChI is InChI=1S/C10H21NO3/c1-4-5-6-9(12)11-7-10(2,13)8-14-3/h13H,4-8H2,1-3H3,(H,11,12). The first-order chi connectivity index (χ1) is 6.52. The maximum Gasteiger partial charge on any atom is 0.220 e. The van der Waals surface area contributed by atoms with E-state index in [1.54, 1.807) is 6.92 Å². The molecule has 0 bridgehead atoms. The van der Waals surface area contributed by atoms with Crippen molar-refractivity contribution in [2.24, 2.45) is 0 Å². The molecule has 0 aromatic heterocycles. The maximum atomic E-state index is 11.2. The van der Waals surface area contributed by atoms with Gasteiger partial charge in [-0.3, -0.25) is 4.79 Å². The fourth-order valence-corrected chi connectivity index (χ4v) is 1.08. The highest BCUT2D eigenvalue weighted by Gasteiger charge is 2.20. The Labute approximate surface area is 85.6 Å². The van der Waals surface area contributed by atoms with E-state index in [0.717, 1.165) is 12.8 Å². The minimum atomic E-state index is -0.976. The van der Waals surface area contributed by atoms with Crippen LogP contribution in [-0.2, 0) is 9.53 Å². The van der Waals surface area contributed by atoms with Crippen LogP contribution in [-0.4, -0.2) is 36.9 Å². The second-order valence-electron chi connectivity index (χ2n) is 3.81. The van der Waals surface area contributed by atoms with Gasteiger partial charge in [0.25, 0.3) is 0 Å². The molecule has 1 amide bonds. The van der Waals surface area contributed by atoms with Gasteiger partial charge in [-0.1, -0.05) is 13.3 Å². The highest BCUT2D eigenvalue weighted by molar-refractivity contribution is 5.75. The summed E-state index contributed by atoms with van der Waals surface area (Å²) in [5.74, 6) is -0.0109. The van der Waals surface area contributed by atoms with E-state index in [2.05, 4.69) is 5.32 Å². The molecule has 0 spiro atoms. The fraction of sp³-hybridized carbons (Fsp3) is 0.900. The number of methoxy groups -OCH3 is 1. The summed E-state index contributed by atoms with van der Waals surface area (Å²) in [7, 11) is 1.52. The molecule has 0 aliphatic carbocycles. The third-order valence-electron chi connectivity index (χ3n) is 1.88. The molecule has 4 nitrogen and oxygen atoms in total. The lowest BCUT2D eigenvalue weighted by molar-refractivity contribution is -0.122. The van der Waals surface area contributed by atoms with Crippen molar-refractivity contribution in [2.75, 3.05) is 20.3 Å². The van der Waals surface area contributed by atoms with Crippen molar-refractivity contribution < 1.29 is 14.6 Å². The molecule has 0 aromatic rings. The number of nitrogens with one attached hydrogen (secondary N) is 1. The number of hydrogen-bond donors (Lipinski definition) is 2. The first-order valence-corrected chi connectivity index (χ1v) is 5.00. The molecule has 1 unspecified atom stereocenters. The predicted molar refractivity (Wildman–Crippen MR) is 55.0 cm³/mol. The van der Waals surface area contributed by atoms with Gasteiger partial charge in [-0.25, -0.2) is 0 Å². The quantitative estimate of drug-likeness (QED) is 0.640. The summed E-state index contributed by atoms with van der Waals surface area (Å²) in [5, 5.41) is 12.3. The first kappa shape index (κ1) is 13.4. The Bertz CT molecular complexity index is 169. The van der Waals surface area contributed by atoms with Gasteiger partial charge in [0, 0.05) is 20.1 Å². The minimum absolute atomic E-state index is 0.0109. The molecule has 0 aromatic carbocycles. The van der Waals surface area contributed by atoms with Crippen LogP contribution in [0.1, 0.15) is 33.1 Å². The monoisotopic (exact) mass is 203 g/mol. The number of hydrogen-bond acceptors (Lipinski definition) is 3. The highest BCUT2D eigenvalue weighted by Crippen LogP contribution is 2.01. The largest absolute Gasteiger partial charge is 0.386 e. The molecular weight excluding hydrogens is 182 g/mol. The van der Waals surface area contributed by atoms with Gasteiger partial charge in [-0.2, -0.15) is 0 Å². The van der Waals surface area contributed by atoms with E-state index in [0.29, 0.717) is 6.42 Å². The Morgan fingerprint density at radius 3 is 2.71 bits per heavy atom. The van der Waals surface area contributed by atoms with Crippen LogP contribution in [0, 0.1) is 0 Å². The average molecular weight is 203 g/mol. The van der Waals surface area contributed by atoms with Crippen LogP contribution in [0.15, 0.2) is 0 Å². The molecule has 14 heavy (non-hydrogen) atoms. The SMILES string of the molecule is CCCCC(=O)NCC(C)(O)COC. The molecule has 0 saturated heterocycles. The van der Waals surface area contributed by atoms with E-state index in [1.807, 2.05) is 6.92 Å². The van der Waals surface area contributed by atoms with Gasteiger partial charge in [0.2, 0.25) is 5.91 Å². The molecule has 0 aliphatic heterocycles. The average Bonchev–Trinajstić information content (AvgIpc) is 2.11. The molecule has 0 radical (unpaired) electrons. The lowest BCUT2D eigenvalue weighted by Gasteiger charge is -2.22. The lowest BCUT2D eigenvalue weighted by Crippen LogP contribution is -2.43. The van der Waals surface area contributed by atoms with Gasteiger partial charge in [-0.05, 0) is 13.3 Å². The molecule has 4 heteroatoms. The first-order valence-electron chi connectivity index (χ1n) is 5.00.